The molecular weight excluding hydrogens is 154 g/mol. The molecule has 0 aliphatic carbocycles. The van der Waals surface area contributed by atoms with Crippen LogP contribution in [0.25, 0.3) is 0 Å². The van der Waals surface area contributed by atoms with Crippen molar-refractivity contribution in [3.05, 3.63) is 17.2 Å². The van der Waals surface area contributed by atoms with Gasteiger partial charge in [0.2, 0.25) is 5.28 Å². The topological polar surface area (TPSA) is 55.7 Å². The van der Waals surface area contributed by atoms with E-state index in [9.17, 15) is 4.79 Å². The molecule has 0 aliphatic rings. The summed E-state index contributed by atoms with van der Waals surface area (Å²) in [6.45, 7) is 1.39. The molecule has 4 nitrogen and oxygen atoms in total. The van der Waals surface area contributed by atoms with Gasteiger partial charge in [0, 0.05) is 6.92 Å². The highest BCUT2D eigenvalue weighted by Gasteiger charge is 2.01. The molecule has 0 N–H and O–H groups in total. The van der Waals surface area contributed by atoms with Gasteiger partial charge in [-0.2, -0.15) is 5.10 Å². The lowest BCUT2D eigenvalue weighted by atomic mass is 10.3. The summed E-state index contributed by atoms with van der Waals surface area (Å²) in [6, 6.07) is 0. The Balaban J connectivity index is 3.07. The maximum Gasteiger partial charge on any atom is 0.243 e. The number of carbonyl (C=O) groups excluding carboxylic acids is 1. The number of rotatable bonds is 1. The molecule has 52 valence electrons. The Hall–Kier alpha value is -1.03. The fourth-order valence-electron chi connectivity index (χ4n) is 0.451. The monoisotopic (exact) mass is 157 g/mol. The molecule has 0 fully saturated rings. The number of Topliss-reactive ketones (excluding diaryl/α,β-unsaturated/α-hetero) is 1. The maximum atomic E-state index is 10.6. The number of hydrogen-bond acceptors (Lipinski definition) is 4. The van der Waals surface area contributed by atoms with Gasteiger partial charge in [0.05, 0.1) is 6.20 Å². The molecule has 0 saturated carbocycles. The van der Waals surface area contributed by atoms with Crippen LogP contribution in [0, 0.1) is 0 Å². The van der Waals surface area contributed by atoms with Crippen LogP contribution in [0.5, 0.6) is 0 Å². The van der Waals surface area contributed by atoms with Gasteiger partial charge in [-0.25, -0.2) is 4.98 Å². The second kappa shape index (κ2) is 2.70. The van der Waals surface area contributed by atoms with Crippen molar-refractivity contribution in [2.45, 2.75) is 6.92 Å². The van der Waals surface area contributed by atoms with Crippen LogP contribution in [0.1, 0.15) is 17.4 Å². The first-order valence-electron chi connectivity index (χ1n) is 2.56. The number of hydrogen-bond donors (Lipinski definition) is 0. The first-order chi connectivity index (χ1) is 4.70. The van der Waals surface area contributed by atoms with Crippen molar-refractivity contribution >= 4 is 17.4 Å². The van der Waals surface area contributed by atoms with Crippen molar-refractivity contribution in [3.8, 4) is 0 Å². The predicted octanol–water partition coefficient (Wildman–Crippen LogP) is 0.728. The Morgan fingerprint density at radius 2 is 2.40 bits per heavy atom. The van der Waals surface area contributed by atoms with E-state index >= 15 is 0 Å². The first kappa shape index (κ1) is 7.08. The summed E-state index contributed by atoms with van der Waals surface area (Å²) >= 11 is 5.35. The van der Waals surface area contributed by atoms with Crippen LogP contribution in [0.4, 0.5) is 0 Å². The third kappa shape index (κ3) is 1.48. The van der Waals surface area contributed by atoms with E-state index in [-0.39, 0.29) is 16.8 Å². The zero-order chi connectivity index (χ0) is 7.56. The van der Waals surface area contributed by atoms with Crippen molar-refractivity contribution in [3.63, 3.8) is 0 Å². The van der Waals surface area contributed by atoms with E-state index in [0.717, 1.165) is 0 Å². The lowest BCUT2D eigenvalue weighted by Crippen LogP contribution is -1.99. The van der Waals surface area contributed by atoms with Crippen LogP contribution in [0.3, 0.4) is 0 Å². The molecule has 0 radical (unpaired) electrons. The van der Waals surface area contributed by atoms with E-state index in [1.165, 1.54) is 13.1 Å². The minimum atomic E-state index is -0.170. The Bertz CT molecular complexity index is 263. The Morgan fingerprint density at radius 3 is 2.80 bits per heavy atom. The highest BCUT2D eigenvalue weighted by Crippen LogP contribution is 1.98. The standard InChI is InChI=1S/C5H4ClN3O/c1-3(10)4-2-7-9-5(6)8-4/h2H,1H3. The fraction of sp³-hybridized carbons (Fsp3) is 0.200. The summed E-state index contributed by atoms with van der Waals surface area (Å²) in [5.41, 5.74) is 0.236. The normalized spacial score (nSPS) is 9.40. The van der Waals surface area contributed by atoms with E-state index in [1.807, 2.05) is 0 Å². The van der Waals surface area contributed by atoms with Crippen molar-refractivity contribution < 1.29 is 4.79 Å². The second-order valence-corrected chi connectivity index (χ2v) is 2.00. The molecule has 0 saturated heterocycles. The van der Waals surface area contributed by atoms with Crippen LogP contribution in [0.15, 0.2) is 6.20 Å². The minimum absolute atomic E-state index is 0.00676. The molecular formula is C5H4ClN3O. The first-order valence-corrected chi connectivity index (χ1v) is 2.94. The Kier molecular flexibility index (Phi) is 1.91. The van der Waals surface area contributed by atoms with Crippen molar-refractivity contribution in [1.29, 1.82) is 0 Å². The summed E-state index contributed by atoms with van der Waals surface area (Å²) < 4.78 is 0. The van der Waals surface area contributed by atoms with Crippen molar-refractivity contribution in [2.24, 2.45) is 0 Å². The van der Waals surface area contributed by atoms with Crippen LogP contribution in [-0.2, 0) is 0 Å². The van der Waals surface area contributed by atoms with Crippen LogP contribution < -0.4 is 0 Å². The average Bonchev–Trinajstić information content (AvgIpc) is 1.88. The molecule has 0 unspecified atom stereocenters. The quantitative estimate of drug-likeness (QED) is 0.564. The lowest BCUT2D eigenvalue weighted by Gasteiger charge is -1.90. The Morgan fingerprint density at radius 1 is 1.70 bits per heavy atom. The zero-order valence-corrected chi connectivity index (χ0v) is 5.96. The predicted molar refractivity (Wildman–Crippen MR) is 34.8 cm³/mol. The molecule has 1 rings (SSSR count). The molecule has 1 aromatic heterocycles. The molecule has 0 bridgehead atoms. The van der Waals surface area contributed by atoms with E-state index in [1.54, 1.807) is 0 Å². The smallest absolute Gasteiger partial charge is 0.243 e. The van der Waals surface area contributed by atoms with Crippen molar-refractivity contribution in [2.75, 3.05) is 0 Å². The van der Waals surface area contributed by atoms with Gasteiger partial charge in [-0.05, 0) is 11.6 Å². The van der Waals surface area contributed by atoms with Gasteiger partial charge in [0.1, 0.15) is 5.69 Å². The third-order valence-electron chi connectivity index (χ3n) is 0.894. The molecule has 0 spiro atoms. The third-order valence-corrected chi connectivity index (χ3v) is 1.05. The molecule has 1 heterocycles. The number of carbonyl (C=O) groups is 1. The molecule has 0 aromatic carbocycles. The second-order valence-electron chi connectivity index (χ2n) is 1.67. The number of nitrogens with zero attached hydrogens (tertiary/aromatic N) is 3. The zero-order valence-electron chi connectivity index (χ0n) is 5.21. The van der Waals surface area contributed by atoms with E-state index in [4.69, 9.17) is 11.6 Å². The van der Waals surface area contributed by atoms with Gasteiger partial charge in [-0.15, -0.1) is 5.10 Å². The molecule has 5 heteroatoms. The molecule has 10 heavy (non-hydrogen) atoms. The summed E-state index contributed by atoms with van der Waals surface area (Å²) in [6.07, 6.45) is 1.27. The Labute approximate surface area is 62.3 Å². The highest BCUT2D eigenvalue weighted by atomic mass is 35.5. The summed E-state index contributed by atoms with van der Waals surface area (Å²) in [5, 5.41) is 6.81. The molecule has 0 amide bonds. The van der Waals surface area contributed by atoms with Gasteiger partial charge < -0.3 is 0 Å². The molecule has 0 atom stereocenters. The summed E-state index contributed by atoms with van der Waals surface area (Å²) in [5.74, 6) is -0.170. The van der Waals surface area contributed by atoms with Crippen LogP contribution in [-0.4, -0.2) is 21.0 Å². The van der Waals surface area contributed by atoms with Gasteiger partial charge in [-0.1, -0.05) is 0 Å². The number of aromatic nitrogens is 3. The highest BCUT2D eigenvalue weighted by molar-refractivity contribution is 6.28. The van der Waals surface area contributed by atoms with E-state index in [2.05, 4.69) is 15.2 Å². The van der Waals surface area contributed by atoms with Crippen LogP contribution in [0.2, 0.25) is 5.28 Å². The van der Waals surface area contributed by atoms with E-state index < -0.39 is 0 Å². The van der Waals surface area contributed by atoms with Gasteiger partial charge in [-0.3, -0.25) is 4.79 Å². The van der Waals surface area contributed by atoms with Crippen molar-refractivity contribution in [1.82, 2.24) is 15.2 Å². The lowest BCUT2D eigenvalue weighted by molar-refractivity contribution is 0.101. The summed E-state index contributed by atoms with van der Waals surface area (Å²) in [4.78, 5) is 14.2. The van der Waals surface area contributed by atoms with E-state index in [0.29, 0.717) is 0 Å². The van der Waals surface area contributed by atoms with Gasteiger partial charge in [0.15, 0.2) is 5.78 Å². The fourth-order valence-corrected chi connectivity index (χ4v) is 0.586. The van der Waals surface area contributed by atoms with Gasteiger partial charge in [0.25, 0.3) is 0 Å². The summed E-state index contributed by atoms with van der Waals surface area (Å²) in [7, 11) is 0. The largest absolute Gasteiger partial charge is 0.293 e. The molecule has 1 aromatic rings. The number of halogens is 1. The SMILES string of the molecule is CC(=O)c1cnnc(Cl)n1. The van der Waals surface area contributed by atoms with Gasteiger partial charge >= 0.3 is 0 Å². The maximum absolute atomic E-state index is 10.6. The minimum Gasteiger partial charge on any atom is -0.293 e. The van der Waals surface area contributed by atoms with Crippen LogP contribution >= 0.6 is 11.6 Å². The number of ketones is 1. The average molecular weight is 158 g/mol. The molecule has 0 aliphatic heterocycles.